The summed E-state index contributed by atoms with van der Waals surface area (Å²) >= 11 is 0. The summed E-state index contributed by atoms with van der Waals surface area (Å²) in [7, 11) is 0. The zero-order chi connectivity index (χ0) is 17.8. The Bertz CT molecular complexity index is 741. The maximum atomic E-state index is 13.0. The number of carboxylic acids is 1. The first-order valence-corrected chi connectivity index (χ1v) is 8.01. The first-order chi connectivity index (χ1) is 11.8. The van der Waals surface area contributed by atoms with E-state index in [1.807, 2.05) is 4.90 Å². The normalized spacial score (nSPS) is 29.0. The summed E-state index contributed by atoms with van der Waals surface area (Å²) in [6.45, 7) is 0.0731. The van der Waals surface area contributed by atoms with Crippen LogP contribution in [-0.2, 0) is 9.59 Å². The van der Waals surface area contributed by atoms with E-state index < -0.39 is 18.2 Å². The third-order valence-corrected chi connectivity index (χ3v) is 5.01. The van der Waals surface area contributed by atoms with Crippen molar-refractivity contribution in [1.29, 1.82) is 0 Å². The lowest BCUT2D eigenvalue weighted by Gasteiger charge is -2.22. The van der Waals surface area contributed by atoms with Crippen LogP contribution in [0.4, 0.5) is 14.5 Å². The Morgan fingerprint density at radius 3 is 2.76 bits per heavy atom. The number of carbonyl (C=O) groups is 2. The number of rotatable bonds is 4. The Hall–Kier alpha value is -2.42. The summed E-state index contributed by atoms with van der Waals surface area (Å²) < 4.78 is 34.7. The molecule has 3 heterocycles. The van der Waals surface area contributed by atoms with Crippen LogP contribution in [0.1, 0.15) is 19.3 Å². The van der Waals surface area contributed by atoms with Crippen LogP contribution in [0.25, 0.3) is 0 Å². The van der Waals surface area contributed by atoms with Gasteiger partial charge in [-0.3, -0.25) is 14.5 Å². The standard InChI is InChI=1S/C16H16F2N2O5/c17-16(18)24-12-4-1-8(5-13(12)25-16)19-14(21)7-20-9-2-3-11(20)10(6-9)15(22)23/h1,4-5,9-11H,2-3,6-7H2,(H,19,21)(H,22,23). The Morgan fingerprint density at radius 1 is 1.28 bits per heavy atom. The molecular weight excluding hydrogens is 338 g/mol. The van der Waals surface area contributed by atoms with Gasteiger partial charge in [0, 0.05) is 23.8 Å². The average Bonchev–Trinajstić information content (AvgIpc) is 3.16. The molecule has 134 valence electrons. The maximum Gasteiger partial charge on any atom is 0.586 e. The molecule has 3 atom stereocenters. The lowest BCUT2D eigenvalue weighted by molar-refractivity contribution is -0.286. The second kappa shape index (κ2) is 5.55. The van der Waals surface area contributed by atoms with E-state index in [2.05, 4.69) is 14.8 Å². The van der Waals surface area contributed by atoms with Gasteiger partial charge in [0.15, 0.2) is 11.5 Å². The number of alkyl halides is 2. The van der Waals surface area contributed by atoms with E-state index in [4.69, 9.17) is 0 Å². The second-order valence-electron chi connectivity index (χ2n) is 6.53. The predicted molar refractivity (Wildman–Crippen MR) is 80.5 cm³/mol. The van der Waals surface area contributed by atoms with Gasteiger partial charge in [-0.05, 0) is 31.4 Å². The maximum absolute atomic E-state index is 13.0. The second-order valence-corrected chi connectivity index (χ2v) is 6.53. The zero-order valence-corrected chi connectivity index (χ0v) is 13.1. The molecule has 3 aliphatic heterocycles. The predicted octanol–water partition coefficient (Wildman–Crippen LogP) is 1.88. The summed E-state index contributed by atoms with van der Waals surface area (Å²) in [5.74, 6) is -1.82. The molecule has 0 radical (unpaired) electrons. The lowest BCUT2D eigenvalue weighted by atomic mass is 9.89. The molecule has 7 nitrogen and oxygen atoms in total. The molecule has 1 amide bonds. The van der Waals surface area contributed by atoms with Crippen LogP contribution in [0.3, 0.4) is 0 Å². The number of benzene rings is 1. The molecular formula is C16H16F2N2O5. The van der Waals surface area contributed by atoms with Gasteiger partial charge in [-0.15, -0.1) is 8.78 Å². The first kappa shape index (κ1) is 16.1. The highest BCUT2D eigenvalue weighted by molar-refractivity contribution is 5.92. The molecule has 2 fully saturated rings. The van der Waals surface area contributed by atoms with Crippen LogP contribution in [0.15, 0.2) is 18.2 Å². The van der Waals surface area contributed by atoms with E-state index in [1.165, 1.54) is 18.2 Å². The highest BCUT2D eigenvalue weighted by Gasteiger charge is 2.49. The molecule has 0 spiro atoms. The summed E-state index contributed by atoms with van der Waals surface area (Å²) in [6, 6.07) is 4.00. The van der Waals surface area contributed by atoms with Crippen molar-refractivity contribution < 1.29 is 33.0 Å². The van der Waals surface area contributed by atoms with Crippen LogP contribution in [0.2, 0.25) is 0 Å². The van der Waals surface area contributed by atoms with Crippen LogP contribution in [-0.4, -0.2) is 46.8 Å². The average molecular weight is 354 g/mol. The third kappa shape index (κ3) is 2.88. The summed E-state index contributed by atoms with van der Waals surface area (Å²) in [4.78, 5) is 25.5. The van der Waals surface area contributed by atoms with Gasteiger partial charge < -0.3 is 19.9 Å². The number of nitrogens with one attached hydrogen (secondary N) is 1. The molecule has 9 heteroatoms. The Balaban J connectivity index is 1.40. The first-order valence-electron chi connectivity index (χ1n) is 8.01. The van der Waals surface area contributed by atoms with Crippen molar-refractivity contribution in [2.24, 2.45) is 5.92 Å². The van der Waals surface area contributed by atoms with Crippen molar-refractivity contribution >= 4 is 17.6 Å². The highest BCUT2D eigenvalue weighted by Crippen LogP contribution is 2.43. The molecule has 0 aromatic heterocycles. The lowest BCUT2D eigenvalue weighted by Crippen LogP contribution is -2.38. The van der Waals surface area contributed by atoms with Gasteiger partial charge in [-0.1, -0.05) is 0 Å². The van der Waals surface area contributed by atoms with E-state index >= 15 is 0 Å². The van der Waals surface area contributed by atoms with Crippen molar-refractivity contribution in [3.8, 4) is 11.5 Å². The van der Waals surface area contributed by atoms with E-state index in [0.29, 0.717) is 12.1 Å². The van der Waals surface area contributed by atoms with Gasteiger partial charge in [0.2, 0.25) is 5.91 Å². The monoisotopic (exact) mass is 354 g/mol. The molecule has 0 saturated carbocycles. The number of aliphatic carboxylic acids is 1. The number of carbonyl (C=O) groups excluding carboxylic acids is 1. The van der Waals surface area contributed by atoms with E-state index in [1.54, 1.807) is 0 Å². The summed E-state index contributed by atoms with van der Waals surface area (Å²) in [5, 5.41) is 11.9. The molecule has 2 N–H and O–H groups in total. The third-order valence-electron chi connectivity index (χ3n) is 5.01. The van der Waals surface area contributed by atoms with Gasteiger partial charge in [0.25, 0.3) is 0 Å². The van der Waals surface area contributed by atoms with Gasteiger partial charge in [0.05, 0.1) is 12.5 Å². The highest BCUT2D eigenvalue weighted by atomic mass is 19.3. The molecule has 2 bridgehead atoms. The minimum atomic E-state index is -3.70. The smallest absolute Gasteiger partial charge is 0.481 e. The van der Waals surface area contributed by atoms with Crippen molar-refractivity contribution in [3.63, 3.8) is 0 Å². The number of hydrogen-bond donors (Lipinski definition) is 2. The number of fused-ring (bicyclic) bond motifs is 3. The molecule has 3 aliphatic rings. The fourth-order valence-electron chi connectivity index (χ4n) is 4.01. The van der Waals surface area contributed by atoms with Crippen LogP contribution < -0.4 is 14.8 Å². The number of carboxylic acid groups (broad SMARTS) is 1. The fraction of sp³-hybridized carbons (Fsp3) is 0.500. The van der Waals surface area contributed by atoms with Crippen molar-refractivity contribution in [2.45, 2.75) is 37.6 Å². The Labute approximate surface area is 141 Å². The van der Waals surface area contributed by atoms with Gasteiger partial charge >= 0.3 is 12.3 Å². The van der Waals surface area contributed by atoms with Crippen LogP contribution >= 0.6 is 0 Å². The Morgan fingerprint density at radius 2 is 2.04 bits per heavy atom. The molecule has 1 aromatic rings. The minimum absolute atomic E-state index is 0.0731. The number of nitrogens with zero attached hydrogens (tertiary/aromatic N) is 1. The van der Waals surface area contributed by atoms with Crippen molar-refractivity contribution in [2.75, 3.05) is 11.9 Å². The largest absolute Gasteiger partial charge is 0.586 e. The molecule has 0 aliphatic carbocycles. The van der Waals surface area contributed by atoms with Crippen molar-refractivity contribution in [1.82, 2.24) is 4.90 Å². The van der Waals surface area contributed by atoms with Gasteiger partial charge in [0.1, 0.15) is 0 Å². The molecule has 4 rings (SSSR count). The fourth-order valence-corrected chi connectivity index (χ4v) is 4.01. The molecule has 2 saturated heterocycles. The number of anilines is 1. The molecule has 3 unspecified atom stereocenters. The Kier molecular flexibility index (Phi) is 3.57. The van der Waals surface area contributed by atoms with Crippen LogP contribution in [0, 0.1) is 5.92 Å². The van der Waals surface area contributed by atoms with Gasteiger partial charge in [-0.2, -0.15) is 0 Å². The topological polar surface area (TPSA) is 88.1 Å². The zero-order valence-electron chi connectivity index (χ0n) is 13.1. The van der Waals surface area contributed by atoms with Crippen LogP contribution in [0.5, 0.6) is 11.5 Å². The SMILES string of the molecule is O=C(CN1C2CCC1C(C(=O)O)C2)Nc1ccc2c(c1)OC(F)(F)O2. The molecule has 1 aromatic carbocycles. The van der Waals surface area contributed by atoms with E-state index in [-0.39, 0.29) is 36.0 Å². The van der Waals surface area contributed by atoms with E-state index in [0.717, 1.165) is 12.8 Å². The quantitative estimate of drug-likeness (QED) is 0.858. The summed E-state index contributed by atoms with van der Waals surface area (Å²) in [5.41, 5.74) is 0.311. The van der Waals surface area contributed by atoms with Crippen molar-refractivity contribution in [3.05, 3.63) is 18.2 Å². The number of ether oxygens (including phenoxy) is 2. The molecule has 25 heavy (non-hydrogen) atoms. The number of halogens is 2. The number of hydrogen-bond acceptors (Lipinski definition) is 5. The van der Waals surface area contributed by atoms with E-state index in [9.17, 15) is 23.5 Å². The summed E-state index contributed by atoms with van der Waals surface area (Å²) in [6.07, 6.45) is -1.48. The number of amides is 1. The minimum Gasteiger partial charge on any atom is -0.481 e. The van der Waals surface area contributed by atoms with Gasteiger partial charge in [-0.25, -0.2) is 0 Å².